The van der Waals surface area contributed by atoms with Gasteiger partial charge in [0.15, 0.2) is 0 Å². The van der Waals surface area contributed by atoms with Crippen molar-refractivity contribution in [3.05, 3.63) is 30.9 Å². The highest BCUT2D eigenvalue weighted by atomic mass is 32.2. The first-order valence-corrected chi connectivity index (χ1v) is 4.35. The molecule has 0 amide bonds. The number of hydrogen-bond donors (Lipinski definition) is 0. The van der Waals surface area contributed by atoms with Gasteiger partial charge < -0.3 is 0 Å². The van der Waals surface area contributed by atoms with Gasteiger partial charge in [-0.05, 0) is 24.4 Å². The van der Waals surface area contributed by atoms with E-state index in [2.05, 4.69) is 4.98 Å². The minimum absolute atomic E-state index is 0.380. The van der Waals surface area contributed by atoms with Crippen LogP contribution in [0.15, 0.2) is 30.9 Å². The Morgan fingerprint density at radius 1 is 1.58 bits per heavy atom. The Labute approximate surface area is 73.4 Å². The molecule has 1 heterocycles. The number of hydrogen-bond acceptors (Lipinski definition) is 2. The van der Waals surface area contributed by atoms with Gasteiger partial charge in [-0.25, -0.2) is 4.98 Å². The summed E-state index contributed by atoms with van der Waals surface area (Å²) in [6, 6.07) is 0. The molecule has 0 aliphatic rings. The van der Waals surface area contributed by atoms with Gasteiger partial charge in [-0.3, -0.25) is 3.97 Å². The Bertz CT molecular complexity index is 242. The molecule has 66 valence electrons. The van der Waals surface area contributed by atoms with E-state index < -0.39 is 6.08 Å². The SMILES string of the molecule is FC(F)=CCCSn1ccnc1. The highest BCUT2D eigenvalue weighted by Crippen LogP contribution is 2.08. The Balaban J connectivity index is 2.16. The average Bonchev–Trinajstić information content (AvgIpc) is 2.49. The molecule has 1 aromatic rings. The molecular formula is C7H8F2N2S. The highest BCUT2D eigenvalue weighted by molar-refractivity contribution is 7.97. The van der Waals surface area contributed by atoms with Crippen LogP contribution in [0, 0.1) is 0 Å². The standard InChI is InChI=1S/C7H8F2N2S/c8-7(9)2-1-5-12-11-4-3-10-6-11/h2-4,6H,1,5H2. The smallest absolute Gasteiger partial charge is 0.266 e. The van der Waals surface area contributed by atoms with Gasteiger partial charge in [0.2, 0.25) is 0 Å². The number of aromatic nitrogens is 2. The molecule has 1 aromatic heterocycles. The number of halogens is 2. The van der Waals surface area contributed by atoms with Gasteiger partial charge in [-0.15, -0.1) is 0 Å². The van der Waals surface area contributed by atoms with Crippen molar-refractivity contribution in [1.82, 2.24) is 8.96 Å². The summed E-state index contributed by atoms with van der Waals surface area (Å²) >= 11 is 1.45. The number of allylic oxidation sites excluding steroid dienone is 1. The fourth-order valence-corrected chi connectivity index (χ4v) is 1.35. The Kier molecular flexibility index (Phi) is 3.79. The number of nitrogens with zero attached hydrogens (tertiary/aromatic N) is 2. The second-order valence-corrected chi connectivity index (χ2v) is 3.13. The topological polar surface area (TPSA) is 17.8 Å². The van der Waals surface area contributed by atoms with Crippen molar-refractivity contribution in [3.63, 3.8) is 0 Å². The molecule has 0 fully saturated rings. The normalized spacial score (nSPS) is 9.83. The van der Waals surface area contributed by atoms with Crippen LogP contribution in [0.25, 0.3) is 0 Å². The second-order valence-electron chi connectivity index (χ2n) is 2.04. The molecular weight excluding hydrogens is 182 g/mol. The zero-order valence-electron chi connectivity index (χ0n) is 6.28. The van der Waals surface area contributed by atoms with Crippen LogP contribution in [0.3, 0.4) is 0 Å². The zero-order valence-corrected chi connectivity index (χ0v) is 7.10. The van der Waals surface area contributed by atoms with Gasteiger partial charge in [-0.1, -0.05) is 0 Å². The molecule has 0 spiro atoms. The molecule has 0 aliphatic carbocycles. The van der Waals surface area contributed by atoms with Crippen LogP contribution in [-0.2, 0) is 0 Å². The van der Waals surface area contributed by atoms with Crippen LogP contribution >= 0.6 is 11.9 Å². The molecule has 0 saturated carbocycles. The second kappa shape index (κ2) is 4.92. The quantitative estimate of drug-likeness (QED) is 0.679. The van der Waals surface area contributed by atoms with E-state index in [1.165, 1.54) is 11.9 Å². The summed E-state index contributed by atoms with van der Waals surface area (Å²) in [6.45, 7) is 0. The van der Waals surface area contributed by atoms with Gasteiger partial charge in [0.25, 0.3) is 6.08 Å². The first-order valence-electron chi connectivity index (χ1n) is 3.41. The predicted octanol–water partition coefficient (Wildman–Crippen LogP) is 2.55. The monoisotopic (exact) mass is 190 g/mol. The van der Waals surface area contributed by atoms with Gasteiger partial charge in [-0.2, -0.15) is 8.78 Å². The largest absolute Gasteiger partial charge is 0.280 e. The zero-order chi connectivity index (χ0) is 8.81. The van der Waals surface area contributed by atoms with Crippen molar-refractivity contribution >= 4 is 11.9 Å². The van der Waals surface area contributed by atoms with E-state index in [-0.39, 0.29) is 0 Å². The first-order chi connectivity index (χ1) is 5.79. The van der Waals surface area contributed by atoms with E-state index >= 15 is 0 Å². The molecule has 0 aromatic carbocycles. The van der Waals surface area contributed by atoms with E-state index in [4.69, 9.17) is 0 Å². The van der Waals surface area contributed by atoms with Gasteiger partial charge >= 0.3 is 0 Å². The third kappa shape index (κ3) is 3.52. The van der Waals surface area contributed by atoms with Gasteiger partial charge in [0.05, 0.1) is 0 Å². The van der Waals surface area contributed by atoms with Crippen molar-refractivity contribution in [3.8, 4) is 0 Å². The molecule has 0 unspecified atom stereocenters. The summed E-state index contributed by atoms with van der Waals surface area (Å²) in [7, 11) is 0. The average molecular weight is 190 g/mol. The summed E-state index contributed by atoms with van der Waals surface area (Å²) in [4.78, 5) is 3.81. The Morgan fingerprint density at radius 2 is 2.42 bits per heavy atom. The third-order valence-corrected chi connectivity index (χ3v) is 2.07. The molecule has 2 nitrogen and oxygen atoms in total. The molecule has 0 aliphatic heterocycles. The fourth-order valence-electron chi connectivity index (χ4n) is 0.649. The van der Waals surface area contributed by atoms with Gasteiger partial charge in [0.1, 0.15) is 6.33 Å². The summed E-state index contributed by atoms with van der Waals surface area (Å²) in [6.07, 6.45) is 4.76. The summed E-state index contributed by atoms with van der Waals surface area (Å²) in [5.41, 5.74) is 0. The molecule has 0 bridgehead atoms. The highest BCUT2D eigenvalue weighted by Gasteiger charge is 1.91. The first kappa shape index (κ1) is 9.25. The number of rotatable bonds is 4. The predicted molar refractivity (Wildman–Crippen MR) is 45.0 cm³/mol. The van der Waals surface area contributed by atoms with E-state index in [9.17, 15) is 8.78 Å². The molecule has 0 radical (unpaired) electrons. The van der Waals surface area contributed by atoms with Gasteiger partial charge in [0, 0.05) is 18.1 Å². The van der Waals surface area contributed by atoms with Crippen molar-refractivity contribution in [2.24, 2.45) is 0 Å². The molecule has 12 heavy (non-hydrogen) atoms. The van der Waals surface area contributed by atoms with E-state index in [1.807, 2.05) is 0 Å². The van der Waals surface area contributed by atoms with Crippen LogP contribution in [0.4, 0.5) is 8.78 Å². The van der Waals surface area contributed by atoms with Crippen molar-refractivity contribution in [2.75, 3.05) is 5.75 Å². The lowest BCUT2D eigenvalue weighted by Gasteiger charge is -1.96. The van der Waals surface area contributed by atoms with E-state index in [0.717, 1.165) is 6.08 Å². The van der Waals surface area contributed by atoms with Crippen LogP contribution in [0.1, 0.15) is 6.42 Å². The third-order valence-electron chi connectivity index (χ3n) is 1.14. The summed E-state index contributed by atoms with van der Waals surface area (Å²) in [5.74, 6) is 0.633. The lowest BCUT2D eigenvalue weighted by Crippen LogP contribution is -1.84. The van der Waals surface area contributed by atoms with Crippen LogP contribution in [-0.4, -0.2) is 14.7 Å². The molecule has 0 N–H and O–H groups in total. The maximum atomic E-state index is 11.5. The summed E-state index contributed by atoms with van der Waals surface area (Å²) < 4.78 is 24.8. The molecule has 5 heteroatoms. The maximum absolute atomic E-state index is 11.5. The van der Waals surface area contributed by atoms with Crippen molar-refractivity contribution in [1.29, 1.82) is 0 Å². The minimum atomic E-state index is -1.61. The lowest BCUT2D eigenvalue weighted by atomic mass is 10.5. The van der Waals surface area contributed by atoms with Crippen molar-refractivity contribution in [2.45, 2.75) is 6.42 Å². The van der Waals surface area contributed by atoms with E-state index in [0.29, 0.717) is 12.2 Å². The minimum Gasteiger partial charge on any atom is -0.280 e. The fraction of sp³-hybridized carbons (Fsp3) is 0.286. The van der Waals surface area contributed by atoms with Crippen LogP contribution in [0.2, 0.25) is 0 Å². The lowest BCUT2D eigenvalue weighted by molar-refractivity contribution is 0.418. The maximum Gasteiger partial charge on any atom is 0.266 e. The Morgan fingerprint density at radius 3 is 3.00 bits per heavy atom. The van der Waals surface area contributed by atoms with E-state index in [1.54, 1.807) is 22.7 Å². The summed E-state index contributed by atoms with van der Waals surface area (Å²) in [5, 5.41) is 0. The van der Waals surface area contributed by atoms with Crippen molar-refractivity contribution < 1.29 is 8.78 Å². The molecule has 0 saturated heterocycles. The van der Waals surface area contributed by atoms with Crippen LogP contribution in [0.5, 0.6) is 0 Å². The number of imidazole rings is 1. The van der Waals surface area contributed by atoms with Crippen LogP contribution < -0.4 is 0 Å². The molecule has 1 rings (SSSR count). The molecule has 0 atom stereocenters. The Hall–Kier alpha value is -0.840.